The van der Waals surface area contributed by atoms with Gasteiger partial charge in [-0.1, -0.05) is 28.1 Å². The molecule has 0 aliphatic carbocycles. The smallest absolute Gasteiger partial charge is 0.266 e. The van der Waals surface area contributed by atoms with Gasteiger partial charge in [0, 0.05) is 23.4 Å². The first-order chi connectivity index (χ1) is 13.8. The third-order valence-electron chi connectivity index (χ3n) is 4.23. The molecular formula is C19H17BrN6O2S. The van der Waals surface area contributed by atoms with Gasteiger partial charge in [-0.3, -0.25) is 9.40 Å². The van der Waals surface area contributed by atoms with Gasteiger partial charge in [0.1, 0.15) is 4.90 Å². The quantitative estimate of drug-likeness (QED) is 0.455. The highest BCUT2D eigenvalue weighted by Gasteiger charge is 2.20. The molecule has 29 heavy (non-hydrogen) atoms. The van der Waals surface area contributed by atoms with E-state index >= 15 is 0 Å². The molecule has 0 aliphatic heterocycles. The number of fused-ring (bicyclic) bond motifs is 1. The van der Waals surface area contributed by atoms with Crippen molar-refractivity contribution in [3.8, 4) is 0 Å². The van der Waals surface area contributed by atoms with Gasteiger partial charge in [-0.15, -0.1) is 0 Å². The fraction of sp³-hybridized carbons (Fsp3) is 0.105. The van der Waals surface area contributed by atoms with Crippen molar-refractivity contribution in [3.63, 3.8) is 0 Å². The average Bonchev–Trinajstić information content (AvgIpc) is 3.11. The molecule has 0 spiro atoms. The third kappa shape index (κ3) is 4.08. The van der Waals surface area contributed by atoms with Crippen molar-refractivity contribution in [2.75, 3.05) is 10.0 Å². The predicted molar refractivity (Wildman–Crippen MR) is 116 cm³/mol. The first kappa shape index (κ1) is 19.3. The van der Waals surface area contributed by atoms with Crippen LogP contribution in [0.5, 0.6) is 0 Å². The van der Waals surface area contributed by atoms with Crippen molar-refractivity contribution in [2.45, 2.75) is 11.8 Å². The van der Waals surface area contributed by atoms with E-state index < -0.39 is 10.0 Å². The minimum Gasteiger partial charge on any atom is -0.337 e. The molecule has 2 aromatic heterocycles. The van der Waals surface area contributed by atoms with Crippen LogP contribution < -0.4 is 10.0 Å². The Labute approximate surface area is 176 Å². The highest BCUT2D eigenvalue weighted by Crippen LogP contribution is 2.29. The summed E-state index contributed by atoms with van der Waals surface area (Å²) in [5, 5.41) is 7.12. The van der Waals surface area contributed by atoms with E-state index in [1.165, 1.54) is 17.1 Å². The van der Waals surface area contributed by atoms with E-state index in [-0.39, 0.29) is 10.7 Å². The van der Waals surface area contributed by atoms with E-state index in [1.807, 2.05) is 43.3 Å². The molecule has 10 heteroatoms. The summed E-state index contributed by atoms with van der Waals surface area (Å²) in [6, 6.07) is 13.0. The van der Waals surface area contributed by atoms with E-state index in [2.05, 4.69) is 41.0 Å². The number of nitrogens with one attached hydrogen (secondary N) is 2. The van der Waals surface area contributed by atoms with Crippen LogP contribution in [0.2, 0.25) is 0 Å². The average molecular weight is 473 g/mol. The van der Waals surface area contributed by atoms with Gasteiger partial charge >= 0.3 is 0 Å². The van der Waals surface area contributed by atoms with Crippen LogP contribution in [-0.2, 0) is 17.1 Å². The first-order valence-corrected chi connectivity index (χ1v) is 10.9. The highest BCUT2D eigenvalue weighted by molar-refractivity contribution is 9.10. The fourth-order valence-electron chi connectivity index (χ4n) is 2.78. The standard InChI is InChI=1S/C19H17BrN6O2S/c1-12-9-13(20)7-8-15(12)22-18-19(24-17-6-4-3-5-16(17)23-18)25-29(27,28)14-10-21-26(2)11-14/h3-11H,1-2H3,(H,22,23)(H,24,25). The molecular weight excluding hydrogens is 456 g/mol. The van der Waals surface area contributed by atoms with Crippen molar-refractivity contribution in [1.29, 1.82) is 0 Å². The Morgan fingerprint density at radius 2 is 1.72 bits per heavy atom. The Morgan fingerprint density at radius 1 is 1.03 bits per heavy atom. The molecule has 2 heterocycles. The Balaban J connectivity index is 1.80. The maximum absolute atomic E-state index is 12.8. The summed E-state index contributed by atoms with van der Waals surface area (Å²) in [5.41, 5.74) is 2.98. The predicted octanol–water partition coefficient (Wildman–Crippen LogP) is 3.98. The van der Waals surface area contributed by atoms with Gasteiger partial charge in [0.2, 0.25) is 0 Å². The van der Waals surface area contributed by atoms with E-state index in [0.717, 1.165) is 15.7 Å². The Kier molecular flexibility index (Phi) is 4.97. The maximum Gasteiger partial charge on any atom is 0.266 e. The topological polar surface area (TPSA) is 102 Å². The van der Waals surface area contributed by atoms with Gasteiger partial charge in [0.15, 0.2) is 11.6 Å². The second kappa shape index (κ2) is 7.45. The Bertz CT molecular complexity index is 1320. The minimum absolute atomic E-state index is 0.0423. The van der Waals surface area contributed by atoms with Crippen LogP contribution in [0, 0.1) is 6.92 Å². The SMILES string of the molecule is Cc1cc(Br)ccc1Nc1nc2ccccc2nc1NS(=O)(=O)c1cnn(C)c1. The summed E-state index contributed by atoms with van der Waals surface area (Å²) in [6.45, 7) is 1.95. The molecule has 8 nitrogen and oxygen atoms in total. The van der Waals surface area contributed by atoms with Gasteiger partial charge in [-0.05, 0) is 42.8 Å². The third-order valence-corrected chi connectivity index (χ3v) is 6.02. The number of aromatic nitrogens is 4. The van der Waals surface area contributed by atoms with Gasteiger partial charge < -0.3 is 5.32 Å². The summed E-state index contributed by atoms with van der Waals surface area (Å²) in [5.74, 6) is 0.413. The normalized spacial score (nSPS) is 11.6. The summed E-state index contributed by atoms with van der Waals surface area (Å²) >= 11 is 3.44. The van der Waals surface area contributed by atoms with Crippen LogP contribution in [0.1, 0.15) is 5.56 Å². The molecule has 2 aromatic carbocycles. The van der Waals surface area contributed by atoms with Crippen LogP contribution in [0.15, 0.2) is 64.2 Å². The van der Waals surface area contributed by atoms with Crippen molar-refractivity contribution in [2.24, 2.45) is 7.05 Å². The van der Waals surface area contributed by atoms with Crippen molar-refractivity contribution < 1.29 is 8.42 Å². The number of sulfonamides is 1. The van der Waals surface area contributed by atoms with Crippen molar-refractivity contribution >= 4 is 54.3 Å². The summed E-state index contributed by atoms with van der Waals surface area (Å²) in [6.07, 6.45) is 2.70. The Morgan fingerprint density at radius 3 is 2.34 bits per heavy atom. The zero-order chi connectivity index (χ0) is 20.6. The number of nitrogens with zero attached hydrogens (tertiary/aromatic N) is 4. The number of halogens is 1. The lowest BCUT2D eigenvalue weighted by molar-refractivity contribution is 0.601. The van der Waals surface area contributed by atoms with Gasteiger partial charge in [0.25, 0.3) is 10.0 Å². The number of aryl methyl sites for hydroxylation is 2. The second-order valence-electron chi connectivity index (χ2n) is 6.45. The molecule has 0 radical (unpaired) electrons. The lowest BCUT2D eigenvalue weighted by atomic mass is 10.2. The molecule has 2 N–H and O–H groups in total. The molecule has 4 rings (SSSR count). The summed E-state index contributed by atoms with van der Waals surface area (Å²) in [4.78, 5) is 9.11. The lowest BCUT2D eigenvalue weighted by Gasteiger charge is -2.14. The molecule has 0 bridgehead atoms. The van der Waals surface area contributed by atoms with E-state index in [1.54, 1.807) is 13.1 Å². The lowest BCUT2D eigenvalue weighted by Crippen LogP contribution is -2.15. The van der Waals surface area contributed by atoms with Crippen LogP contribution in [0.4, 0.5) is 17.3 Å². The first-order valence-electron chi connectivity index (χ1n) is 8.63. The number of para-hydroxylation sites is 2. The van der Waals surface area contributed by atoms with Crippen LogP contribution in [0.25, 0.3) is 11.0 Å². The molecule has 0 saturated carbocycles. The van der Waals surface area contributed by atoms with Gasteiger partial charge in [-0.25, -0.2) is 18.4 Å². The molecule has 0 fully saturated rings. The number of anilines is 3. The zero-order valence-corrected chi connectivity index (χ0v) is 18.0. The minimum atomic E-state index is -3.88. The molecule has 148 valence electrons. The van der Waals surface area contributed by atoms with Crippen molar-refractivity contribution in [3.05, 3.63) is 64.9 Å². The molecule has 0 saturated heterocycles. The second-order valence-corrected chi connectivity index (χ2v) is 9.05. The van der Waals surface area contributed by atoms with E-state index in [9.17, 15) is 8.42 Å². The molecule has 0 amide bonds. The van der Waals surface area contributed by atoms with Gasteiger partial charge in [-0.2, -0.15) is 5.10 Å². The summed E-state index contributed by atoms with van der Waals surface area (Å²) < 4.78 is 30.5. The Hall–Kier alpha value is -2.98. The maximum atomic E-state index is 12.8. The van der Waals surface area contributed by atoms with Gasteiger partial charge in [0.05, 0.1) is 17.2 Å². The number of rotatable bonds is 5. The number of hydrogen-bond acceptors (Lipinski definition) is 6. The zero-order valence-electron chi connectivity index (χ0n) is 15.6. The number of hydrogen-bond donors (Lipinski definition) is 2. The largest absolute Gasteiger partial charge is 0.337 e. The molecule has 0 atom stereocenters. The number of benzene rings is 2. The van der Waals surface area contributed by atoms with Crippen LogP contribution in [-0.4, -0.2) is 28.2 Å². The van der Waals surface area contributed by atoms with Crippen molar-refractivity contribution in [1.82, 2.24) is 19.7 Å². The van der Waals surface area contributed by atoms with E-state index in [4.69, 9.17) is 0 Å². The highest BCUT2D eigenvalue weighted by atomic mass is 79.9. The van der Waals surface area contributed by atoms with Crippen LogP contribution >= 0.6 is 15.9 Å². The molecule has 0 unspecified atom stereocenters. The van der Waals surface area contributed by atoms with E-state index in [0.29, 0.717) is 16.9 Å². The fourth-order valence-corrected chi connectivity index (χ4v) is 4.24. The summed E-state index contributed by atoms with van der Waals surface area (Å²) in [7, 11) is -2.23. The van der Waals surface area contributed by atoms with Crippen LogP contribution in [0.3, 0.4) is 0 Å². The molecule has 0 aliphatic rings. The molecule has 4 aromatic rings. The monoisotopic (exact) mass is 472 g/mol.